The predicted molar refractivity (Wildman–Crippen MR) is 96.0 cm³/mol. The SMILES string of the molecule is COc1ccc2c(C)cc(N3CCC(N4CCOCC4)C3)nc2c1. The van der Waals surface area contributed by atoms with E-state index in [0.717, 1.165) is 56.5 Å². The van der Waals surface area contributed by atoms with Crippen LogP contribution in [0.2, 0.25) is 0 Å². The highest BCUT2D eigenvalue weighted by molar-refractivity contribution is 5.85. The van der Waals surface area contributed by atoms with Crippen molar-refractivity contribution < 1.29 is 9.47 Å². The maximum atomic E-state index is 5.48. The molecule has 0 aliphatic carbocycles. The summed E-state index contributed by atoms with van der Waals surface area (Å²) in [4.78, 5) is 9.90. The number of aromatic nitrogens is 1. The zero-order valence-corrected chi connectivity index (χ0v) is 14.5. The number of ether oxygens (including phenoxy) is 2. The van der Waals surface area contributed by atoms with Crippen LogP contribution in [0, 0.1) is 6.92 Å². The van der Waals surface area contributed by atoms with E-state index in [9.17, 15) is 0 Å². The van der Waals surface area contributed by atoms with Crippen molar-refractivity contribution >= 4 is 16.7 Å². The van der Waals surface area contributed by atoms with Crippen molar-refractivity contribution in [3.63, 3.8) is 0 Å². The molecule has 5 heteroatoms. The Morgan fingerprint density at radius 3 is 2.79 bits per heavy atom. The van der Waals surface area contributed by atoms with Gasteiger partial charge in [0.05, 0.1) is 25.8 Å². The molecule has 24 heavy (non-hydrogen) atoms. The minimum Gasteiger partial charge on any atom is -0.497 e. The molecular formula is C19H25N3O2. The van der Waals surface area contributed by atoms with Crippen LogP contribution in [-0.4, -0.2) is 62.4 Å². The van der Waals surface area contributed by atoms with Gasteiger partial charge in [-0.05, 0) is 37.1 Å². The third kappa shape index (κ3) is 2.94. The smallest absolute Gasteiger partial charge is 0.129 e. The molecule has 3 heterocycles. The van der Waals surface area contributed by atoms with Crippen molar-refractivity contribution in [2.24, 2.45) is 0 Å². The van der Waals surface area contributed by atoms with Gasteiger partial charge in [0.1, 0.15) is 11.6 Å². The van der Waals surface area contributed by atoms with Gasteiger partial charge in [0.2, 0.25) is 0 Å². The Kier molecular flexibility index (Phi) is 4.29. The first kappa shape index (κ1) is 15.7. The van der Waals surface area contributed by atoms with E-state index in [0.29, 0.717) is 6.04 Å². The molecule has 1 unspecified atom stereocenters. The Morgan fingerprint density at radius 1 is 1.17 bits per heavy atom. The van der Waals surface area contributed by atoms with E-state index in [1.807, 2.05) is 12.1 Å². The van der Waals surface area contributed by atoms with E-state index in [1.54, 1.807) is 7.11 Å². The molecule has 0 saturated carbocycles. The molecule has 1 atom stereocenters. The Labute approximate surface area is 143 Å². The van der Waals surface area contributed by atoms with Crippen LogP contribution in [-0.2, 0) is 4.74 Å². The molecule has 0 radical (unpaired) electrons. The summed E-state index contributed by atoms with van der Waals surface area (Å²) in [5, 5.41) is 1.20. The lowest BCUT2D eigenvalue weighted by Gasteiger charge is -2.32. The third-order valence-corrected chi connectivity index (χ3v) is 5.26. The molecule has 1 aromatic heterocycles. The predicted octanol–water partition coefficient (Wildman–Crippen LogP) is 2.46. The summed E-state index contributed by atoms with van der Waals surface area (Å²) in [6, 6.07) is 8.97. The van der Waals surface area contributed by atoms with Gasteiger partial charge in [-0.2, -0.15) is 0 Å². The molecule has 0 amide bonds. The summed E-state index contributed by atoms with van der Waals surface area (Å²) in [7, 11) is 1.70. The first-order valence-electron chi connectivity index (χ1n) is 8.77. The quantitative estimate of drug-likeness (QED) is 0.866. The van der Waals surface area contributed by atoms with Gasteiger partial charge >= 0.3 is 0 Å². The second-order valence-corrected chi connectivity index (χ2v) is 6.72. The van der Waals surface area contributed by atoms with E-state index < -0.39 is 0 Å². The zero-order valence-electron chi connectivity index (χ0n) is 14.5. The van der Waals surface area contributed by atoms with Crippen molar-refractivity contribution in [3.05, 3.63) is 29.8 Å². The van der Waals surface area contributed by atoms with Gasteiger partial charge < -0.3 is 14.4 Å². The highest BCUT2D eigenvalue weighted by atomic mass is 16.5. The number of aryl methyl sites for hydroxylation is 1. The minimum atomic E-state index is 0.622. The van der Waals surface area contributed by atoms with Crippen molar-refractivity contribution in [3.8, 4) is 5.75 Å². The average Bonchev–Trinajstić information content (AvgIpc) is 3.12. The summed E-state index contributed by atoms with van der Waals surface area (Å²) < 4.78 is 10.8. The van der Waals surface area contributed by atoms with E-state index in [1.165, 1.54) is 17.4 Å². The lowest BCUT2D eigenvalue weighted by molar-refractivity contribution is 0.0209. The molecule has 2 fully saturated rings. The van der Waals surface area contributed by atoms with Gasteiger partial charge in [-0.25, -0.2) is 4.98 Å². The Balaban J connectivity index is 1.57. The normalized spacial score (nSPS) is 22.2. The minimum absolute atomic E-state index is 0.622. The van der Waals surface area contributed by atoms with E-state index >= 15 is 0 Å². The van der Waals surface area contributed by atoms with Gasteiger partial charge in [0.15, 0.2) is 0 Å². The maximum absolute atomic E-state index is 5.48. The maximum Gasteiger partial charge on any atom is 0.129 e. The summed E-state index contributed by atoms with van der Waals surface area (Å²) in [6.45, 7) is 8.13. The standard InChI is InChI=1S/C19H25N3O2/c1-14-11-19(20-18-12-16(23-2)3-4-17(14)18)22-6-5-15(13-22)21-7-9-24-10-8-21/h3-4,11-12,15H,5-10,13H2,1-2H3. The number of hydrogen-bond donors (Lipinski definition) is 0. The molecule has 2 aliphatic rings. The zero-order chi connectivity index (χ0) is 16.5. The van der Waals surface area contributed by atoms with Crippen LogP contribution in [0.5, 0.6) is 5.75 Å². The highest BCUT2D eigenvalue weighted by Gasteiger charge is 2.29. The number of morpholine rings is 1. The second kappa shape index (κ2) is 6.57. The molecule has 4 rings (SSSR count). The molecule has 0 spiro atoms. The van der Waals surface area contributed by atoms with Crippen LogP contribution in [0.15, 0.2) is 24.3 Å². The van der Waals surface area contributed by atoms with E-state index in [-0.39, 0.29) is 0 Å². The molecule has 2 saturated heterocycles. The molecule has 2 aromatic rings. The van der Waals surface area contributed by atoms with Crippen molar-refractivity contribution in [1.29, 1.82) is 0 Å². The Morgan fingerprint density at radius 2 is 2.00 bits per heavy atom. The number of fused-ring (bicyclic) bond motifs is 1. The number of pyridine rings is 1. The molecule has 5 nitrogen and oxygen atoms in total. The molecule has 0 bridgehead atoms. The Hall–Kier alpha value is -1.85. The van der Waals surface area contributed by atoms with Crippen LogP contribution in [0.3, 0.4) is 0 Å². The van der Waals surface area contributed by atoms with Gasteiger partial charge in [0, 0.05) is 43.7 Å². The number of methoxy groups -OCH3 is 1. The second-order valence-electron chi connectivity index (χ2n) is 6.72. The first-order chi connectivity index (χ1) is 11.7. The van der Waals surface area contributed by atoms with Crippen LogP contribution in [0.4, 0.5) is 5.82 Å². The highest BCUT2D eigenvalue weighted by Crippen LogP contribution is 2.28. The fourth-order valence-corrected chi connectivity index (χ4v) is 3.84. The van der Waals surface area contributed by atoms with E-state index in [4.69, 9.17) is 14.5 Å². The summed E-state index contributed by atoms with van der Waals surface area (Å²) >= 11 is 0. The summed E-state index contributed by atoms with van der Waals surface area (Å²) in [6.07, 6.45) is 1.21. The first-order valence-corrected chi connectivity index (χ1v) is 8.77. The topological polar surface area (TPSA) is 37.8 Å². The van der Waals surface area contributed by atoms with Crippen LogP contribution in [0.25, 0.3) is 10.9 Å². The fourth-order valence-electron chi connectivity index (χ4n) is 3.84. The van der Waals surface area contributed by atoms with Crippen LogP contribution in [0.1, 0.15) is 12.0 Å². The van der Waals surface area contributed by atoms with Crippen molar-refractivity contribution in [2.45, 2.75) is 19.4 Å². The number of benzene rings is 1. The number of anilines is 1. The third-order valence-electron chi connectivity index (χ3n) is 5.26. The molecular weight excluding hydrogens is 302 g/mol. The number of nitrogens with zero attached hydrogens (tertiary/aromatic N) is 3. The number of hydrogen-bond acceptors (Lipinski definition) is 5. The van der Waals surface area contributed by atoms with Crippen LogP contribution < -0.4 is 9.64 Å². The Bertz CT molecular complexity index is 728. The van der Waals surface area contributed by atoms with E-state index in [2.05, 4.69) is 28.9 Å². The fraction of sp³-hybridized carbons (Fsp3) is 0.526. The lowest BCUT2D eigenvalue weighted by atomic mass is 10.1. The van der Waals surface area contributed by atoms with Crippen molar-refractivity contribution in [2.75, 3.05) is 51.4 Å². The monoisotopic (exact) mass is 327 g/mol. The summed E-state index contributed by atoms with van der Waals surface area (Å²) in [5.74, 6) is 1.95. The molecule has 1 aromatic carbocycles. The molecule has 128 valence electrons. The lowest BCUT2D eigenvalue weighted by Crippen LogP contribution is -2.44. The van der Waals surface area contributed by atoms with Gasteiger partial charge in [-0.3, -0.25) is 4.90 Å². The van der Waals surface area contributed by atoms with Gasteiger partial charge in [-0.1, -0.05) is 0 Å². The van der Waals surface area contributed by atoms with Gasteiger partial charge in [0.25, 0.3) is 0 Å². The van der Waals surface area contributed by atoms with Gasteiger partial charge in [-0.15, -0.1) is 0 Å². The number of rotatable bonds is 3. The molecule has 0 N–H and O–H groups in total. The molecule has 2 aliphatic heterocycles. The van der Waals surface area contributed by atoms with Crippen molar-refractivity contribution in [1.82, 2.24) is 9.88 Å². The average molecular weight is 327 g/mol. The van der Waals surface area contributed by atoms with Crippen LogP contribution >= 0.6 is 0 Å². The summed E-state index contributed by atoms with van der Waals surface area (Å²) in [5.41, 5.74) is 2.28. The largest absolute Gasteiger partial charge is 0.497 e.